The Balaban J connectivity index is 2.09. The first kappa shape index (κ1) is 15.3. The van der Waals surface area contributed by atoms with Gasteiger partial charge in [0, 0.05) is 17.0 Å². The van der Waals surface area contributed by atoms with E-state index in [-0.39, 0.29) is 0 Å². The molecular formula is C15H19N3O2S. The summed E-state index contributed by atoms with van der Waals surface area (Å²) in [5, 5.41) is 6.94. The van der Waals surface area contributed by atoms with Gasteiger partial charge in [0.2, 0.25) is 5.13 Å². The van der Waals surface area contributed by atoms with Crippen LogP contribution in [0.15, 0.2) is 28.7 Å². The predicted molar refractivity (Wildman–Crippen MR) is 86.8 cm³/mol. The minimum absolute atomic E-state index is 0.614. The number of aromatic nitrogens is 1. The first-order valence-electron chi connectivity index (χ1n) is 6.83. The smallest absolute Gasteiger partial charge is 0.203 e. The Labute approximate surface area is 128 Å². The lowest BCUT2D eigenvalue weighted by molar-refractivity contribution is 0.323. The molecule has 0 saturated heterocycles. The first-order chi connectivity index (χ1) is 10.2. The van der Waals surface area contributed by atoms with Crippen molar-refractivity contribution in [1.29, 1.82) is 0 Å². The maximum atomic E-state index is 5.53. The number of rotatable bonds is 7. The van der Waals surface area contributed by atoms with E-state index in [4.69, 9.17) is 9.47 Å². The van der Waals surface area contributed by atoms with Crippen LogP contribution in [0.25, 0.3) is 0 Å². The average Bonchev–Trinajstić information content (AvgIpc) is 2.85. The number of anilines is 1. The van der Waals surface area contributed by atoms with Gasteiger partial charge in [0.25, 0.3) is 0 Å². The molecule has 1 N–H and O–H groups in total. The monoisotopic (exact) mass is 305 g/mol. The first-order valence-corrected chi connectivity index (χ1v) is 7.71. The molecule has 0 spiro atoms. The molecule has 0 atom stereocenters. The molecule has 1 aromatic carbocycles. The minimum Gasteiger partial charge on any atom is -0.494 e. The van der Waals surface area contributed by atoms with Crippen LogP contribution in [-0.4, -0.2) is 24.4 Å². The zero-order chi connectivity index (χ0) is 15.1. The molecule has 6 heteroatoms. The summed E-state index contributed by atoms with van der Waals surface area (Å²) in [6, 6.07) is 5.72. The van der Waals surface area contributed by atoms with Crippen LogP contribution >= 0.6 is 11.3 Å². The molecule has 0 bridgehead atoms. The van der Waals surface area contributed by atoms with E-state index in [0.29, 0.717) is 13.2 Å². The Morgan fingerprint density at radius 1 is 1.19 bits per heavy atom. The van der Waals surface area contributed by atoms with Gasteiger partial charge in [-0.3, -0.25) is 5.43 Å². The molecule has 2 aromatic rings. The summed E-state index contributed by atoms with van der Waals surface area (Å²) in [7, 11) is 0. The van der Waals surface area contributed by atoms with Crippen LogP contribution in [0.2, 0.25) is 0 Å². The Kier molecular flexibility index (Phi) is 5.57. The number of thiazole rings is 1. The van der Waals surface area contributed by atoms with Crippen LogP contribution < -0.4 is 14.9 Å². The quantitative estimate of drug-likeness (QED) is 0.626. The van der Waals surface area contributed by atoms with Gasteiger partial charge in [-0.2, -0.15) is 5.10 Å². The highest BCUT2D eigenvalue weighted by Crippen LogP contribution is 2.22. The summed E-state index contributed by atoms with van der Waals surface area (Å²) >= 11 is 1.52. The molecule has 2 rings (SSSR count). The van der Waals surface area contributed by atoms with E-state index in [1.807, 2.05) is 44.4 Å². The van der Waals surface area contributed by atoms with Crippen molar-refractivity contribution in [2.45, 2.75) is 20.8 Å². The summed E-state index contributed by atoms with van der Waals surface area (Å²) in [6.45, 7) is 7.08. The Morgan fingerprint density at radius 3 is 2.38 bits per heavy atom. The molecule has 21 heavy (non-hydrogen) atoms. The molecule has 0 unspecified atom stereocenters. The van der Waals surface area contributed by atoms with E-state index in [2.05, 4.69) is 15.5 Å². The number of nitrogens with one attached hydrogen (secondary N) is 1. The highest BCUT2D eigenvalue weighted by molar-refractivity contribution is 7.13. The fourth-order valence-electron chi connectivity index (χ4n) is 1.74. The number of hydrogen-bond donors (Lipinski definition) is 1. The number of hydrogen-bond acceptors (Lipinski definition) is 6. The standard InChI is InChI=1S/C15H19N3O2S/c1-4-19-13-6-12(7-14(8-13)20-5-2)9-16-18-15-17-11(3)10-21-15/h6-10H,4-5H2,1-3H3,(H,17,18). The molecule has 0 aliphatic rings. The molecule has 112 valence electrons. The van der Waals surface area contributed by atoms with Crippen LogP contribution in [0.4, 0.5) is 5.13 Å². The van der Waals surface area contributed by atoms with Crippen molar-refractivity contribution in [3.8, 4) is 11.5 Å². The summed E-state index contributed by atoms with van der Waals surface area (Å²) in [4.78, 5) is 4.28. The second-order valence-corrected chi connectivity index (χ2v) is 5.13. The summed E-state index contributed by atoms with van der Waals surface area (Å²) < 4.78 is 11.1. The highest BCUT2D eigenvalue weighted by atomic mass is 32.1. The van der Waals surface area contributed by atoms with Gasteiger partial charge in [0.15, 0.2) is 0 Å². The lowest BCUT2D eigenvalue weighted by Crippen LogP contribution is -1.97. The number of aryl methyl sites for hydroxylation is 1. The number of ether oxygens (including phenoxy) is 2. The van der Waals surface area contributed by atoms with E-state index < -0.39 is 0 Å². The third-order valence-corrected chi connectivity index (χ3v) is 3.38. The van der Waals surface area contributed by atoms with E-state index in [9.17, 15) is 0 Å². The third-order valence-electron chi connectivity index (χ3n) is 2.52. The molecule has 1 heterocycles. The van der Waals surface area contributed by atoms with Crippen LogP contribution in [-0.2, 0) is 0 Å². The van der Waals surface area contributed by atoms with Crippen molar-refractivity contribution in [3.63, 3.8) is 0 Å². The molecule has 0 saturated carbocycles. The van der Waals surface area contributed by atoms with Gasteiger partial charge in [-0.25, -0.2) is 4.98 Å². The van der Waals surface area contributed by atoms with Crippen LogP contribution in [0.1, 0.15) is 25.1 Å². The van der Waals surface area contributed by atoms with Crippen LogP contribution in [0.3, 0.4) is 0 Å². The molecule has 0 radical (unpaired) electrons. The Bertz CT molecular complexity index is 586. The molecule has 0 amide bonds. The summed E-state index contributed by atoms with van der Waals surface area (Å²) in [5.41, 5.74) is 4.80. The zero-order valence-electron chi connectivity index (χ0n) is 12.4. The Morgan fingerprint density at radius 2 is 1.86 bits per heavy atom. The van der Waals surface area contributed by atoms with Crippen molar-refractivity contribution in [2.24, 2.45) is 5.10 Å². The fourth-order valence-corrected chi connectivity index (χ4v) is 2.37. The van der Waals surface area contributed by atoms with Crippen molar-refractivity contribution < 1.29 is 9.47 Å². The number of hydrazone groups is 1. The SMILES string of the molecule is CCOc1cc(C=NNc2nc(C)cs2)cc(OCC)c1. The largest absolute Gasteiger partial charge is 0.494 e. The van der Waals surface area contributed by atoms with Crippen molar-refractivity contribution in [3.05, 3.63) is 34.8 Å². The summed E-state index contributed by atoms with van der Waals surface area (Å²) in [5.74, 6) is 1.55. The highest BCUT2D eigenvalue weighted by Gasteiger charge is 2.01. The van der Waals surface area contributed by atoms with Gasteiger partial charge in [-0.15, -0.1) is 11.3 Å². The zero-order valence-corrected chi connectivity index (χ0v) is 13.2. The normalized spacial score (nSPS) is 10.8. The van der Waals surface area contributed by atoms with Gasteiger partial charge < -0.3 is 9.47 Å². The lowest BCUT2D eigenvalue weighted by Gasteiger charge is -2.08. The molecule has 0 aliphatic carbocycles. The molecule has 5 nitrogen and oxygen atoms in total. The third kappa shape index (κ3) is 4.75. The maximum Gasteiger partial charge on any atom is 0.203 e. The fraction of sp³-hybridized carbons (Fsp3) is 0.333. The molecule has 1 aromatic heterocycles. The van der Waals surface area contributed by atoms with Gasteiger partial charge >= 0.3 is 0 Å². The van der Waals surface area contributed by atoms with E-state index >= 15 is 0 Å². The van der Waals surface area contributed by atoms with E-state index in [0.717, 1.165) is 27.9 Å². The molecule has 0 fully saturated rings. The van der Waals surface area contributed by atoms with Crippen molar-refractivity contribution >= 4 is 22.7 Å². The Hall–Kier alpha value is -2.08. The molecule has 0 aliphatic heterocycles. The average molecular weight is 305 g/mol. The lowest BCUT2D eigenvalue weighted by atomic mass is 10.2. The van der Waals surface area contributed by atoms with Crippen LogP contribution in [0, 0.1) is 6.92 Å². The topological polar surface area (TPSA) is 55.7 Å². The second-order valence-electron chi connectivity index (χ2n) is 4.27. The second kappa shape index (κ2) is 7.64. The number of nitrogens with zero attached hydrogens (tertiary/aromatic N) is 2. The summed E-state index contributed by atoms with van der Waals surface area (Å²) in [6.07, 6.45) is 1.72. The predicted octanol–water partition coefficient (Wildman–Crippen LogP) is 3.69. The van der Waals surface area contributed by atoms with Crippen LogP contribution in [0.5, 0.6) is 11.5 Å². The van der Waals surface area contributed by atoms with Gasteiger partial charge in [-0.1, -0.05) is 0 Å². The minimum atomic E-state index is 0.614. The van der Waals surface area contributed by atoms with Gasteiger partial charge in [-0.05, 0) is 32.9 Å². The van der Waals surface area contributed by atoms with Gasteiger partial charge in [0.05, 0.1) is 25.1 Å². The maximum absolute atomic E-state index is 5.53. The number of benzene rings is 1. The van der Waals surface area contributed by atoms with Gasteiger partial charge in [0.1, 0.15) is 11.5 Å². The van der Waals surface area contributed by atoms with E-state index in [1.165, 1.54) is 11.3 Å². The van der Waals surface area contributed by atoms with E-state index in [1.54, 1.807) is 6.21 Å². The van der Waals surface area contributed by atoms with Crippen molar-refractivity contribution in [1.82, 2.24) is 4.98 Å². The van der Waals surface area contributed by atoms with Crippen molar-refractivity contribution in [2.75, 3.05) is 18.6 Å². The molecular weight excluding hydrogens is 286 g/mol.